The van der Waals surface area contributed by atoms with Crippen LogP contribution < -0.4 is 10.9 Å². The highest BCUT2D eigenvalue weighted by molar-refractivity contribution is 6.41. The second-order valence-corrected chi connectivity index (χ2v) is 11.8. The van der Waals surface area contributed by atoms with Gasteiger partial charge in [-0.25, -0.2) is 9.67 Å². The van der Waals surface area contributed by atoms with Crippen LogP contribution in [-0.4, -0.2) is 26.4 Å². The number of benzene rings is 4. The number of hydrogen-bond donors (Lipinski definition) is 2. The van der Waals surface area contributed by atoms with E-state index in [-0.39, 0.29) is 5.91 Å². The number of aliphatic imine (C=N–C) groups is 1. The minimum absolute atomic E-state index is 0.242. The number of fused-ring (bicyclic) bond motifs is 2. The molecule has 8 rings (SSSR count). The molecule has 4 aromatic carbocycles. The molecule has 0 atom stereocenters. The van der Waals surface area contributed by atoms with Crippen LogP contribution in [0.15, 0.2) is 157 Å². The number of hydrazine groups is 1. The summed E-state index contributed by atoms with van der Waals surface area (Å²) in [6.07, 6.45) is 12.1. The molecule has 0 radical (unpaired) electrons. The quantitative estimate of drug-likeness (QED) is 0.138. The normalized spacial score (nSPS) is 14.0. The third-order valence-corrected chi connectivity index (χ3v) is 8.92. The number of aromatic nitrogens is 3. The van der Waals surface area contributed by atoms with Gasteiger partial charge in [-0.3, -0.25) is 20.6 Å². The molecule has 1 aliphatic heterocycles. The number of rotatable bonds is 8. The molecule has 7 nitrogen and oxygen atoms in total. The first-order chi connectivity index (χ1) is 23.2. The number of hydrogen-bond acceptors (Lipinski definition) is 5. The molecule has 228 valence electrons. The summed E-state index contributed by atoms with van der Waals surface area (Å²) in [5, 5.41) is 6.42. The van der Waals surface area contributed by atoms with E-state index in [9.17, 15) is 4.79 Å². The van der Waals surface area contributed by atoms with Crippen LogP contribution in [0.1, 0.15) is 35.1 Å². The van der Waals surface area contributed by atoms with Crippen molar-refractivity contribution >= 4 is 28.2 Å². The fourth-order valence-corrected chi connectivity index (χ4v) is 6.73. The maximum absolute atomic E-state index is 13.3. The Kier molecular flexibility index (Phi) is 7.26. The Bertz CT molecular complexity index is 2070. The number of nitrogens with zero attached hydrogens (tertiary/aromatic N) is 4. The van der Waals surface area contributed by atoms with Crippen LogP contribution in [0.4, 0.5) is 5.69 Å². The summed E-state index contributed by atoms with van der Waals surface area (Å²) in [5.41, 5.74) is 14.1. The lowest BCUT2D eigenvalue weighted by atomic mass is 9.77. The van der Waals surface area contributed by atoms with Crippen molar-refractivity contribution in [3.8, 4) is 11.3 Å². The molecule has 0 unspecified atom stereocenters. The number of carbonyl (C=O) groups is 1. The maximum Gasteiger partial charge on any atom is 0.284 e. The summed E-state index contributed by atoms with van der Waals surface area (Å²) in [6, 6.07) is 39.8. The van der Waals surface area contributed by atoms with Crippen LogP contribution in [0.25, 0.3) is 22.2 Å². The molecular weight excluding hydrogens is 580 g/mol. The van der Waals surface area contributed by atoms with Crippen molar-refractivity contribution < 1.29 is 4.79 Å². The van der Waals surface area contributed by atoms with Gasteiger partial charge in [0.15, 0.2) is 0 Å². The topological polar surface area (TPSA) is 84.2 Å². The highest BCUT2D eigenvalue weighted by Gasteiger charge is 2.41. The number of nitrogens with one attached hydrogen (secondary N) is 2. The van der Waals surface area contributed by atoms with Gasteiger partial charge in [0, 0.05) is 35.5 Å². The van der Waals surface area contributed by atoms with Crippen molar-refractivity contribution in [2.75, 3.05) is 0 Å². The van der Waals surface area contributed by atoms with Crippen LogP contribution in [-0.2, 0) is 16.8 Å². The Hall–Kier alpha value is -6.08. The number of carbonyl (C=O) groups excluding carboxylic acids is 1. The molecule has 1 aliphatic carbocycles. The highest BCUT2D eigenvalue weighted by Crippen LogP contribution is 2.45. The lowest BCUT2D eigenvalue weighted by Gasteiger charge is -2.37. The number of amides is 1. The van der Waals surface area contributed by atoms with Crippen molar-refractivity contribution in [3.63, 3.8) is 0 Å². The van der Waals surface area contributed by atoms with E-state index in [0.29, 0.717) is 12.1 Å². The zero-order valence-electron chi connectivity index (χ0n) is 25.7. The fourth-order valence-electron chi connectivity index (χ4n) is 6.73. The van der Waals surface area contributed by atoms with Gasteiger partial charge < -0.3 is 0 Å². The Morgan fingerprint density at radius 1 is 0.766 bits per heavy atom. The average molecular weight is 613 g/mol. The third-order valence-electron chi connectivity index (χ3n) is 8.92. The molecule has 6 aromatic rings. The second-order valence-electron chi connectivity index (χ2n) is 11.8. The van der Waals surface area contributed by atoms with E-state index in [1.54, 1.807) is 12.4 Å². The van der Waals surface area contributed by atoms with E-state index < -0.39 is 5.54 Å². The van der Waals surface area contributed by atoms with Gasteiger partial charge in [-0.1, -0.05) is 103 Å². The summed E-state index contributed by atoms with van der Waals surface area (Å²) in [5.74, 6) is -0.242. The third kappa shape index (κ3) is 5.02. The van der Waals surface area contributed by atoms with Crippen LogP contribution in [0, 0.1) is 0 Å². The van der Waals surface area contributed by atoms with Crippen LogP contribution in [0.3, 0.4) is 0 Å². The van der Waals surface area contributed by atoms with E-state index >= 15 is 0 Å². The van der Waals surface area contributed by atoms with Gasteiger partial charge in [-0.15, -0.1) is 0 Å². The molecule has 1 amide bonds. The average Bonchev–Trinajstić information content (AvgIpc) is 3.74. The summed E-state index contributed by atoms with van der Waals surface area (Å²) < 4.78 is 2.17. The van der Waals surface area contributed by atoms with Crippen LogP contribution in [0.5, 0.6) is 0 Å². The molecule has 0 saturated carbocycles. The van der Waals surface area contributed by atoms with E-state index in [0.717, 1.165) is 68.6 Å². The van der Waals surface area contributed by atoms with Gasteiger partial charge in [-0.05, 0) is 65.4 Å². The Labute approximate surface area is 273 Å². The smallest absolute Gasteiger partial charge is 0.284 e. The first-order valence-electron chi connectivity index (χ1n) is 15.9. The van der Waals surface area contributed by atoms with Crippen molar-refractivity contribution in [3.05, 3.63) is 174 Å². The Morgan fingerprint density at radius 3 is 2.00 bits per heavy atom. The van der Waals surface area contributed by atoms with E-state index in [1.807, 2.05) is 36.4 Å². The fraction of sp³-hybridized carbons (Fsp3) is 0.100. The van der Waals surface area contributed by atoms with Gasteiger partial charge in [-0.2, -0.15) is 5.10 Å². The first kappa shape index (κ1) is 28.4. The molecule has 0 spiro atoms. The van der Waals surface area contributed by atoms with Gasteiger partial charge >= 0.3 is 0 Å². The molecule has 2 aromatic heterocycles. The second kappa shape index (κ2) is 12.0. The standard InChI is InChI=1S/C40H32N6O/c47-39(44-43-33-19-11-4-12-20-33)36-25-29-26-37-34(27-35(29)42-36)38(28-21-23-41-24-22-28)45-46(37)40(30-13-5-1-6-14-30,31-15-7-2-8-16-31)32-17-9-3-10-18-32/h1-3,5-11,13-24,26-27,43H,4,12,25H2,(H,44,47). The Morgan fingerprint density at radius 2 is 1.40 bits per heavy atom. The summed E-state index contributed by atoms with van der Waals surface area (Å²) in [4.78, 5) is 22.4. The predicted molar refractivity (Wildman–Crippen MR) is 186 cm³/mol. The van der Waals surface area contributed by atoms with Gasteiger partial charge in [0.25, 0.3) is 5.91 Å². The molecule has 0 bridgehead atoms. The van der Waals surface area contributed by atoms with Crippen LogP contribution >= 0.6 is 0 Å². The largest absolute Gasteiger partial charge is 0.299 e. The summed E-state index contributed by atoms with van der Waals surface area (Å²) in [6.45, 7) is 0. The lowest BCUT2D eigenvalue weighted by Crippen LogP contribution is -2.41. The number of pyridine rings is 1. The Balaban J connectivity index is 1.33. The molecule has 0 saturated heterocycles. The minimum Gasteiger partial charge on any atom is -0.299 e. The monoisotopic (exact) mass is 612 g/mol. The SMILES string of the molecule is O=C(NNC1=CCCC=C1)C1=Nc2cc3c(-c4ccncc4)nn(C(c4ccccc4)(c4ccccc4)c4ccccc4)c3cc2C1. The maximum atomic E-state index is 13.3. The molecule has 2 N–H and O–H groups in total. The van der Waals surface area contributed by atoms with Gasteiger partial charge in [0.1, 0.15) is 16.9 Å². The minimum atomic E-state index is -0.813. The van der Waals surface area contributed by atoms with E-state index in [4.69, 9.17) is 10.1 Å². The van der Waals surface area contributed by atoms with E-state index in [1.165, 1.54) is 0 Å². The van der Waals surface area contributed by atoms with Crippen molar-refractivity contribution in [1.82, 2.24) is 25.6 Å². The van der Waals surface area contributed by atoms with Crippen LogP contribution in [0.2, 0.25) is 0 Å². The highest BCUT2D eigenvalue weighted by atomic mass is 16.2. The molecular formula is C40H32N6O. The van der Waals surface area contributed by atoms with Crippen molar-refractivity contribution in [2.24, 2.45) is 4.99 Å². The molecule has 2 aliphatic rings. The first-order valence-corrected chi connectivity index (χ1v) is 15.9. The van der Waals surface area contributed by atoms with Gasteiger partial charge in [0.05, 0.1) is 11.2 Å². The van der Waals surface area contributed by atoms with E-state index in [2.05, 4.69) is 118 Å². The van der Waals surface area contributed by atoms with Crippen molar-refractivity contribution in [1.29, 1.82) is 0 Å². The molecule has 47 heavy (non-hydrogen) atoms. The predicted octanol–water partition coefficient (Wildman–Crippen LogP) is 7.42. The zero-order valence-corrected chi connectivity index (χ0v) is 25.7. The van der Waals surface area contributed by atoms with Crippen molar-refractivity contribution in [2.45, 2.75) is 24.8 Å². The summed E-state index contributed by atoms with van der Waals surface area (Å²) in [7, 11) is 0. The summed E-state index contributed by atoms with van der Waals surface area (Å²) >= 11 is 0. The molecule has 0 fully saturated rings. The zero-order chi connectivity index (χ0) is 31.6. The number of allylic oxidation sites excluding steroid dienone is 3. The van der Waals surface area contributed by atoms with Gasteiger partial charge in [0.2, 0.25) is 0 Å². The molecule has 3 heterocycles. The molecule has 7 heteroatoms. The lowest BCUT2D eigenvalue weighted by molar-refractivity contribution is -0.115.